The molecule has 1 fully saturated rings. The van der Waals surface area contributed by atoms with E-state index in [0.717, 1.165) is 31.3 Å². The number of allylic oxidation sites excluding steroid dienone is 1. The van der Waals surface area contributed by atoms with Crippen LogP contribution in [0.3, 0.4) is 0 Å². The Hall–Kier alpha value is -0.600. The van der Waals surface area contributed by atoms with Crippen LogP contribution in [0.25, 0.3) is 0 Å². The average Bonchev–Trinajstić information content (AvgIpc) is 2.32. The number of aliphatic hydroxyl groups excluding tert-OH is 2. The zero-order chi connectivity index (χ0) is 12.6. The summed E-state index contributed by atoms with van der Waals surface area (Å²) in [6.07, 6.45) is 5.93. The van der Waals surface area contributed by atoms with Crippen LogP contribution < -0.4 is 0 Å². The van der Waals surface area contributed by atoms with Gasteiger partial charge in [0.05, 0.1) is 12.7 Å². The maximum absolute atomic E-state index is 10.2. The van der Waals surface area contributed by atoms with Crippen LogP contribution >= 0.6 is 0 Å². The Morgan fingerprint density at radius 2 is 2.24 bits per heavy atom. The molecule has 1 saturated carbocycles. The smallest absolute Gasteiger partial charge is 0.0641 e. The van der Waals surface area contributed by atoms with E-state index in [4.69, 9.17) is 0 Å². The topological polar surface area (TPSA) is 40.5 Å². The molecule has 2 aliphatic carbocycles. The minimum atomic E-state index is -0.188. The standard InChI is InChI=1S/C15H24O2/c1-10(9-16)12-5-6-13-14(17)7-4-11(2)15(13,3)8-12/h4,12-14,16-17H,1,5-9H2,2-3H3/t12-,13+,14+,15+/m1/s1. The molecule has 2 rings (SSSR count). The van der Waals surface area contributed by atoms with Crippen LogP contribution in [0.15, 0.2) is 23.8 Å². The van der Waals surface area contributed by atoms with E-state index in [-0.39, 0.29) is 18.1 Å². The van der Waals surface area contributed by atoms with Crippen molar-refractivity contribution >= 4 is 0 Å². The monoisotopic (exact) mass is 236 g/mol. The van der Waals surface area contributed by atoms with Crippen LogP contribution in [0.2, 0.25) is 0 Å². The number of hydrogen-bond acceptors (Lipinski definition) is 2. The van der Waals surface area contributed by atoms with Gasteiger partial charge in [-0.25, -0.2) is 0 Å². The van der Waals surface area contributed by atoms with Crippen LogP contribution in [0, 0.1) is 17.3 Å². The maximum Gasteiger partial charge on any atom is 0.0641 e. The van der Waals surface area contributed by atoms with Gasteiger partial charge in [-0.2, -0.15) is 0 Å². The van der Waals surface area contributed by atoms with E-state index in [1.807, 2.05) is 0 Å². The van der Waals surface area contributed by atoms with E-state index in [0.29, 0.717) is 11.8 Å². The van der Waals surface area contributed by atoms with Crippen molar-refractivity contribution in [2.24, 2.45) is 17.3 Å². The highest BCUT2D eigenvalue weighted by molar-refractivity contribution is 5.22. The zero-order valence-electron chi connectivity index (χ0n) is 10.9. The molecule has 4 atom stereocenters. The highest BCUT2D eigenvalue weighted by Crippen LogP contribution is 2.53. The molecule has 0 amide bonds. The van der Waals surface area contributed by atoms with Crippen molar-refractivity contribution in [3.8, 4) is 0 Å². The summed E-state index contributed by atoms with van der Waals surface area (Å²) >= 11 is 0. The van der Waals surface area contributed by atoms with Crippen molar-refractivity contribution < 1.29 is 10.2 Å². The molecule has 2 nitrogen and oxygen atoms in total. The van der Waals surface area contributed by atoms with E-state index in [1.54, 1.807) is 0 Å². The van der Waals surface area contributed by atoms with Crippen molar-refractivity contribution in [3.63, 3.8) is 0 Å². The van der Waals surface area contributed by atoms with Gasteiger partial charge in [-0.15, -0.1) is 0 Å². The van der Waals surface area contributed by atoms with Gasteiger partial charge in [0.1, 0.15) is 0 Å². The average molecular weight is 236 g/mol. The molecule has 2 heteroatoms. The lowest BCUT2D eigenvalue weighted by molar-refractivity contribution is -0.00585. The number of fused-ring (bicyclic) bond motifs is 1. The normalized spacial score (nSPS) is 41.6. The van der Waals surface area contributed by atoms with Crippen LogP contribution in [0.1, 0.15) is 39.5 Å². The summed E-state index contributed by atoms with van der Waals surface area (Å²) in [4.78, 5) is 0. The summed E-state index contributed by atoms with van der Waals surface area (Å²) in [5.41, 5.74) is 2.46. The zero-order valence-corrected chi connectivity index (χ0v) is 10.9. The third-order valence-corrected chi connectivity index (χ3v) is 5.13. The lowest BCUT2D eigenvalue weighted by Crippen LogP contribution is -2.44. The largest absolute Gasteiger partial charge is 0.392 e. The lowest BCUT2D eigenvalue weighted by Gasteiger charge is -2.50. The van der Waals surface area contributed by atoms with Crippen molar-refractivity contribution in [2.45, 2.75) is 45.6 Å². The van der Waals surface area contributed by atoms with E-state index in [2.05, 4.69) is 26.5 Å². The van der Waals surface area contributed by atoms with Crippen LogP contribution in [0.4, 0.5) is 0 Å². The second kappa shape index (κ2) is 4.58. The number of hydrogen-bond donors (Lipinski definition) is 2. The summed E-state index contributed by atoms with van der Waals surface area (Å²) < 4.78 is 0. The van der Waals surface area contributed by atoms with Gasteiger partial charge in [0.25, 0.3) is 0 Å². The molecule has 0 spiro atoms. The van der Waals surface area contributed by atoms with Crippen LogP contribution in [-0.4, -0.2) is 22.9 Å². The van der Waals surface area contributed by atoms with Crippen molar-refractivity contribution in [3.05, 3.63) is 23.8 Å². The molecule has 0 aromatic rings. The molecule has 0 aliphatic heterocycles. The lowest BCUT2D eigenvalue weighted by atomic mass is 9.56. The third kappa shape index (κ3) is 2.09. The van der Waals surface area contributed by atoms with Gasteiger partial charge in [0, 0.05) is 0 Å². The molecule has 0 bridgehead atoms. The molecule has 0 aromatic carbocycles. The molecule has 0 unspecified atom stereocenters. The SMILES string of the molecule is C=C(CO)[C@@H]1CC[C@H]2[C@@H](O)CC=C(C)[C@]2(C)C1. The molecular weight excluding hydrogens is 212 g/mol. The van der Waals surface area contributed by atoms with E-state index >= 15 is 0 Å². The molecule has 17 heavy (non-hydrogen) atoms. The minimum absolute atomic E-state index is 0.0940. The van der Waals surface area contributed by atoms with Gasteiger partial charge >= 0.3 is 0 Å². The quantitative estimate of drug-likeness (QED) is 0.724. The highest BCUT2D eigenvalue weighted by Gasteiger charge is 2.46. The first kappa shape index (κ1) is 12.8. The van der Waals surface area contributed by atoms with Gasteiger partial charge < -0.3 is 10.2 Å². The number of rotatable bonds is 2. The summed E-state index contributed by atoms with van der Waals surface area (Å²) in [7, 11) is 0. The maximum atomic E-state index is 10.2. The first-order valence-corrected chi connectivity index (χ1v) is 6.63. The molecule has 96 valence electrons. The molecule has 0 aromatic heterocycles. The van der Waals surface area contributed by atoms with Gasteiger partial charge in [-0.05, 0) is 55.4 Å². The fraction of sp³-hybridized carbons (Fsp3) is 0.733. The summed E-state index contributed by atoms with van der Waals surface area (Å²) in [5.74, 6) is 0.796. The third-order valence-electron chi connectivity index (χ3n) is 5.13. The second-order valence-electron chi connectivity index (χ2n) is 6.01. The Bertz CT molecular complexity index is 345. The molecule has 0 saturated heterocycles. The van der Waals surface area contributed by atoms with Gasteiger partial charge in [-0.3, -0.25) is 0 Å². The predicted molar refractivity (Wildman–Crippen MR) is 69.5 cm³/mol. The van der Waals surface area contributed by atoms with Gasteiger partial charge in [0.15, 0.2) is 0 Å². The molecule has 0 radical (unpaired) electrons. The highest BCUT2D eigenvalue weighted by atomic mass is 16.3. The predicted octanol–water partition coefficient (Wildman–Crippen LogP) is 2.67. The number of aliphatic hydroxyl groups is 2. The fourth-order valence-corrected chi connectivity index (χ4v) is 3.71. The van der Waals surface area contributed by atoms with Crippen molar-refractivity contribution in [1.29, 1.82) is 0 Å². The van der Waals surface area contributed by atoms with E-state index in [9.17, 15) is 10.2 Å². The van der Waals surface area contributed by atoms with Crippen LogP contribution in [0.5, 0.6) is 0 Å². The first-order valence-electron chi connectivity index (χ1n) is 6.63. The Morgan fingerprint density at radius 1 is 1.53 bits per heavy atom. The summed E-state index contributed by atoms with van der Waals surface area (Å²) in [5, 5.41) is 19.4. The Morgan fingerprint density at radius 3 is 2.88 bits per heavy atom. The summed E-state index contributed by atoms with van der Waals surface area (Å²) in [6, 6.07) is 0. The molecule has 2 N–H and O–H groups in total. The second-order valence-corrected chi connectivity index (χ2v) is 6.01. The Labute approximate surface area is 104 Å². The Balaban J connectivity index is 2.23. The molecule has 2 aliphatic rings. The first-order chi connectivity index (χ1) is 7.99. The van der Waals surface area contributed by atoms with Crippen LogP contribution in [-0.2, 0) is 0 Å². The minimum Gasteiger partial charge on any atom is -0.392 e. The fourth-order valence-electron chi connectivity index (χ4n) is 3.71. The van der Waals surface area contributed by atoms with E-state index < -0.39 is 0 Å². The van der Waals surface area contributed by atoms with E-state index in [1.165, 1.54) is 5.57 Å². The molecular formula is C15H24O2. The summed E-state index contributed by atoms with van der Waals surface area (Å²) in [6.45, 7) is 8.52. The van der Waals surface area contributed by atoms with Crippen molar-refractivity contribution in [2.75, 3.05) is 6.61 Å². The molecule has 0 heterocycles. The Kier molecular flexibility index (Phi) is 3.46. The van der Waals surface area contributed by atoms with Gasteiger partial charge in [-0.1, -0.05) is 25.2 Å². The van der Waals surface area contributed by atoms with Gasteiger partial charge in [0.2, 0.25) is 0 Å². The van der Waals surface area contributed by atoms with Crippen molar-refractivity contribution in [1.82, 2.24) is 0 Å².